The predicted molar refractivity (Wildman–Crippen MR) is 125 cm³/mol. The first-order chi connectivity index (χ1) is 16.5. The highest BCUT2D eigenvalue weighted by molar-refractivity contribution is 5.83. The summed E-state index contributed by atoms with van der Waals surface area (Å²) in [6.45, 7) is 1.82. The molecule has 188 valence electrons. The Morgan fingerprint density at radius 1 is 1.00 bits per heavy atom. The minimum atomic E-state index is -1.67. The number of aliphatic hydroxyl groups is 1. The van der Waals surface area contributed by atoms with Crippen molar-refractivity contribution in [2.45, 2.75) is 56.7 Å². The Labute approximate surface area is 216 Å². The number of esters is 1. The fourth-order valence-corrected chi connectivity index (χ4v) is 6.11. The van der Waals surface area contributed by atoms with Crippen molar-refractivity contribution in [3.63, 3.8) is 0 Å². The zero-order chi connectivity index (χ0) is 23.6. The summed E-state index contributed by atoms with van der Waals surface area (Å²) in [5, 5.41) is 22.5. The minimum Gasteiger partial charge on any atom is -1.00 e. The number of anilines is 1. The molecule has 2 bridgehead atoms. The maximum absolute atomic E-state index is 13.7. The number of aromatic nitrogens is 2. The molecule has 6 rings (SSSR count). The van der Waals surface area contributed by atoms with E-state index < -0.39 is 17.7 Å². The Morgan fingerprint density at radius 2 is 1.71 bits per heavy atom. The first kappa shape index (κ1) is 25.7. The molecule has 0 radical (unpaired) electrons. The lowest BCUT2D eigenvalue weighted by Crippen LogP contribution is -3.00. The van der Waals surface area contributed by atoms with Gasteiger partial charge in [0.25, 0.3) is 0 Å². The monoisotopic (exact) mass is 544 g/mol. The van der Waals surface area contributed by atoms with Crippen LogP contribution in [-0.4, -0.2) is 57.5 Å². The Bertz CT molecular complexity index is 1010. The van der Waals surface area contributed by atoms with Crippen LogP contribution >= 0.6 is 0 Å². The average Bonchev–Trinajstić information content (AvgIpc) is 2.90. The molecule has 3 saturated heterocycles. The molecule has 2 amide bonds. The van der Waals surface area contributed by atoms with Gasteiger partial charge in [0, 0.05) is 30.9 Å². The summed E-state index contributed by atoms with van der Waals surface area (Å²) in [5.74, 6) is -0.117. The molecule has 0 spiro atoms. The molecule has 4 heterocycles. The van der Waals surface area contributed by atoms with Crippen LogP contribution in [-0.2, 0) is 15.1 Å². The van der Waals surface area contributed by atoms with E-state index in [0.29, 0.717) is 31.0 Å². The molecule has 35 heavy (non-hydrogen) atoms. The fraction of sp³-hybridized carbons (Fsp3) is 0.538. The van der Waals surface area contributed by atoms with Crippen molar-refractivity contribution in [2.75, 3.05) is 25.0 Å². The van der Waals surface area contributed by atoms with Crippen LogP contribution < -0.4 is 22.3 Å². The van der Waals surface area contributed by atoms with Crippen LogP contribution in [0.25, 0.3) is 0 Å². The molecule has 4 fully saturated rings. The summed E-state index contributed by atoms with van der Waals surface area (Å²) in [6, 6.07) is 12.5. The summed E-state index contributed by atoms with van der Waals surface area (Å²) in [7, 11) is 0. The molecule has 1 aromatic carbocycles. The largest absolute Gasteiger partial charge is 1.00 e. The number of fused-ring (bicyclic) bond motifs is 3. The normalized spacial score (nSPS) is 27.8. The number of rotatable bonds is 5. The Hall–Kier alpha value is -2.36. The number of hydrogen-bond donors (Lipinski definition) is 2. The number of amides is 2. The standard InChI is InChI=1S/C26H32N4O4.BrH/c31-24(26(33,20-8-3-1-4-9-20)21-10-5-2-6-11-21)34-22-18-30(16-13-19(22)14-17-30)25(32)28-23-12-7-15-27-29-23;/h1,3-4,7-9,12,15,19,21-22,33H,2,5-6,10-11,13-14,16-18H2;1H/t19?,22-,26?,30?;/m0./s1. The van der Waals surface area contributed by atoms with Crippen molar-refractivity contribution in [1.29, 1.82) is 0 Å². The zero-order valence-electron chi connectivity index (χ0n) is 19.8. The molecule has 1 aromatic heterocycles. The zero-order valence-corrected chi connectivity index (χ0v) is 21.4. The van der Waals surface area contributed by atoms with E-state index in [1.165, 1.54) is 0 Å². The minimum absolute atomic E-state index is 0. The van der Waals surface area contributed by atoms with Crippen LogP contribution in [0.2, 0.25) is 0 Å². The number of halogens is 1. The van der Waals surface area contributed by atoms with Crippen LogP contribution in [0.15, 0.2) is 48.7 Å². The first-order valence-electron chi connectivity index (χ1n) is 12.5. The quantitative estimate of drug-likeness (QED) is 0.423. The Morgan fingerprint density at radius 3 is 2.37 bits per heavy atom. The van der Waals surface area contributed by atoms with Crippen LogP contribution in [0, 0.1) is 11.8 Å². The molecule has 1 aliphatic carbocycles. The van der Waals surface area contributed by atoms with Gasteiger partial charge < -0.3 is 26.8 Å². The third kappa shape index (κ3) is 4.99. The number of urea groups is 1. The van der Waals surface area contributed by atoms with E-state index >= 15 is 0 Å². The van der Waals surface area contributed by atoms with E-state index in [-0.39, 0.29) is 39.3 Å². The summed E-state index contributed by atoms with van der Waals surface area (Å²) < 4.78 is 6.32. The highest BCUT2D eigenvalue weighted by atomic mass is 79.9. The van der Waals surface area contributed by atoms with Crippen molar-refractivity contribution < 1.29 is 40.9 Å². The SMILES string of the molecule is O=C(O[C@H]1C[N+]2(C(=O)Nc3cccnn3)CCC1CC2)C(O)(c1ccccc1)C1CCCCC1.[Br-]. The molecule has 1 saturated carbocycles. The maximum Gasteiger partial charge on any atom is 0.422 e. The lowest BCUT2D eigenvalue weighted by molar-refractivity contribution is -0.869. The van der Waals surface area contributed by atoms with Crippen LogP contribution in [0.5, 0.6) is 0 Å². The smallest absolute Gasteiger partial charge is 0.422 e. The third-order valence-electron chi connectivity index (χ3n) is 8.13. The number of piperidine rings is 3. The van der Waals surface area contributed by atoms with Crippen LogP contribution in [0.4, 0.5) is 10.6 Å². The van der Waals surface area contributed by atoms with Gasteiger partial charge in [-0.15, -0.1) is 5.10 Å². The molecule has 2 atom stereocenters. The highest BCUT2D eigenvalue weighted by Gasteiger charge is 2.54. The van der Waals surface area contributed by atoms with Crippen molar-refractivity contribution in [3.8, 4) is 0 Å². The predicted octanol–water partition coefficient (Wildman–Crippen LogP) is 0.633. The van der Waals surface area contributed by atoms with E-state index in [1.54, 1.807) is 18.3 Å². The van der Waals surface area contributed by atoms with E-state index in [1.807, 2.05) is 30.3 Å². The van der Waals surface area contributed by atoms with Gasteiger partial charge in [0.1, 0.15) is 6.54 Å². The molecule has 9 heteroatoms. The Kier molecular flexibility index (Phi) is 7.88. The Balaban J connectivity index is 0.00000289. The second-order valence-corrected chi connectivity index (χ2v) is 10.1. The maximum atomic E-state index is 13.7. The second kappa shape index (κ2) is 10.7. The number of benzene rings is 1. The number of quaternary nitrogens is 1. The van der Waals surface area contributed by atoms with Gasteiger partial charge in [-0.1, -0.05) is 49.6 Å². The number of nitrogens with zero attached hydrogens (tertiary/aromatic N) is 3. The molecule has 2 aromatic rings. The first-order valence-corrected chi connectivity index (χ1v) is 12.5. The van der Waals surface area contributed by atoms with E-state index in [4.69, 9.17) is 4.74 Å². The van der Waals surface area contributed by atoms with Crippen molar-refractivity contribution in [1.82, 2.24) is 10.2 Å². The van der Waals surface area contributed by atoms with Crippen LogP contribution in [0.3, 0.4) is 0 Å². The highest BCUT2D eigenvalue weighted by Crippen LogP contribution is 2.42. The average molecular weight is 545 g/mol. The molecule has 3 aliphatic heterocycles. The summed E-state index contributed by atoms with van der Waals surface area (Å²) in [4.78, 5) is 26.9. The fourth-order valence-electron chi connectivity index (χ4n) is 6.11. The van der Waals surface area contributed by atoms with Crippen molar-refractivity contribution >= 4 is 17.8 Å². The molecule has 1 unspecified atom stereocenters. The molecular weight excluding hydrogens is 512 g/mol. The number of nitrogens with one attached hydrogen (secondary N) is 1. The number of carbonyl (C=O) groups is 2. The van der Waals surface area contributed by atoms with Gasteiger partial charge >= 0.3 is 12.0 Å². The summed E-state index contributed by atoms with van der Waals surface area (Å²) in [5.41, 5.74) is -1.07. The van der Waals surface area contributed by atoms with Gasteiger partial charge in [0.2, 0.25) is 0 Å². The molecule has 8 nitrogen and oxygen atoms in total. The number of hydrogen-bond acceptors (Lipinski definition) is 6. The molecule has 4 aliphatic rings. The van der Waals surface area contributed by atoms with Gasteiger partial charge in [0.15, 0.2) is 17.5 Å². The number of carbonyl (C=O) groups excluding carboxylic acids is 2. The summed E-state index contributed by atoms with van der Waals surface area (Å²) in [6.07, 6.45) is 7.50. The molecular formula is C26H33BrN4O4. The lowest BCUT2D eigenvalue weighted by atomic mass is 9.73. The van der Waals surface area contributed by atoms with E-state index in [9.17, 15) is 14.7 Å². The van der Waals surface area contributed by atoms with Gasteiger partial charge in [-0.25, -0.2) is 14.1 Å². The second-order valence-electron chi connectivity index (χ2n) is 10.1. The number of ether oxygens (including phenoxy) is 1. The van der Waals surface area contributed by atoms with E-state index in [2.05, 4.69) is 15.5 Å². The van der Waals surface area contributed by atoms with Gasteiger partial charge in [-0.2, -0.15) is 5.10 Å². The van der Waals surface area contributed by atoms with Gasteiger partial charge in [-0.05, 0) is 30.5 Å². The van der Waals surface area contributed by atoms with Gasteiger partial charge in [0.05, 0.1) is 13.1 Å². The van der Waals surface area contributed by atoms with Crippen molar-refractivity contribution in [2.24, 2.45) is 11.8 Å². The third-order valence-corrected chi connectivity index (χ3v) is 8.13. The topological polar surface area (TPSA) is 101 Å². The van der Waals surface area contributed by atoms with E-state index in [0.717, 1.165) is 44.9 Å². The summed E-state index contributed by atoms with van der Waals surface area (Å²) >= 11 is 0. The van der Waals surface area contributed by atoms with Crippen LogP contribution in [0.1, 0.15) is 50.5 Å². The lowest BCUT2D eigenvalue weighted by Gasteiger charge is -2.50. The van der Waals surface area contributed by atoms with Crippen molar-refractivity contribution in [3.05, 3.63) is 54.2 Å². The molecule has 2 N–H and O–H groups in total. The van der Waals surface area contributed by atoms with Gasteiger partial charge in [-0.3, -0.25) is 5.32 Å².